The van der Waals surface area contributed by atoms with E-state index < -0.39 is 0 Å². The van der Waals surface area contributed by atoms with Crippen molar-refractivity contribution in [3.8, 4) is 5.75 Å². The quantitative estimate of drug-likeness (QED) is 0.514. The maximum atomic E-state index is 12.8. The summed E-state index contributed by atoms with van der Waals surface area (Å²) in [4.78, 5) is 50.3. The summed E-state index contributed by atoms with van der Waals surface area (Å²) in [6.07, 6.45) is 4.51. The van der Waals surface area contributed by atoms with Gasteiger partial charge in [-0.3, -0.25) is 19.3 Å². The monoisotopic (exact) mass is 495 g/mol. The number of benzene rings is 1. The van der Waals surface area contributed by atoms with Crippen molar-refractivity contribution >= 4 is 33.4 Å². The lowest BCUT2D eigenvalue weighted by Gasteiger charge is -2.34. The molecule has 0 bridgehead atoms. The van der Waals surface area contributed by atoms with Gasteiger partial charge < -0.3 is 20.4 Å². The zero-order chi connectivity index (χ0) is 24.4. The summed E-state index contributed by atoms with van der Waals surface area (Å²) in [5, 5.41) is 0.784. The standard InChI is InChI=1S/C25H29N5O4S/c26-20(31)13-16-5-7-17(8-6-16)34-15-22(32)30-11-9-29(10-12-30)14-21-27-24(33)23-18-3-1-2-4-19(18)35-25(23)28-21/h5-8H,1-4,9-15H2,(H2,26,31)(H,27,28,33). The van der Waals surface area contributed by atoms with E-state index >= 15 is 0 Å². The number of nitrogens with two attached hydrogens (primary N) is 1. The van der Waals surface area contributed by atoms with Crippen LogP contribution < -0.4 is 16.0 Å². The van der Waals surface area contributed by atoms with Crippen molar-refractivity contribution in [2.75, 3.05) is 32.8 Å². The lowest BCUT2D eigenvalue weighted by molar-refractivity contribution is -0.135. The van der Waals surface area contributed by atoms with Crippen LogP contribution in [0.1, 0.15) is 34.7 Å². The molecule has 3 aromatic rings. The van der Waals surface area contributed by atoms with Crippen LogP contribution in [0.3, 0.4) is 0 Å². The van der Waals surface area contributed by atoms with Gasteiger partial charge in [0.2, 0.25) is 5.91 Å². The first kappa shape index (κ1) is 23.5. The molecular formula is C25H29N5O4S. The number of hydrogen-bond acceptors (Lipinski definition) is 7. The van der Waals surface area contributed by atoms with E-state index in [1.165, 1.54) is 16.9 Å². The van der Waals surface area contributed by atoms with Crippen molar-refractivity contribution in [2.24, 2.45) is 5.73 Å². The Kier molecular flexibility index (Phi) is 6.83. The van der Waals surface area contributed by atoms with Crippen LogP contribution in [-0.4, -0.2) is 64.4 Å². The van der Waals surface area contributed by atoms with Gasteiger partial charge in [-0.05, 0) is 48.9 Å². The molecule has 0 spiro atoms. The van der Waals surface area contributed by atoms with Gasteiger partial charge in [0.15, 0.2) is 6.61 Å². The molecule has 1 saturated heterocycles. The van der Waals surface area contributed by atoms with Gasteiger partial charge in [-0.25, -0.2) is 4.98 Å². The summed E-state index contributed by atoms with van der Waals surface area (Å²) < 4.78 is 5.62. The summed E-state index contributed by atoms with van der Waals surface area (Å²) in [5.41, 5.74) is 7.18. The Hall–Kier alpha value is -3.24. The lowest BCUT2D eigenvalue weighted by atomic mass is 9.97. The second-order valence-corrected chi connectivity index (χ2v) is 10.2. The maximum absolute atomic E-state index is 12.8. The summed E-state index contributed by atoms with van der Waals surface area (Å²) >= 11 is 1.66. The van der Waals surface area contributed by atoms with Crippen LogP contribution in [0, 0.1) is 0 Å². The number of thiophene rings is 1. The summed E-state index contributed by atoms with van der Waals surface area (Å²) in [5.74, 6) is 0.804. The minimum Gasteiger partial charge on any atom is -0.484 e. The van der Waals surface area contributed by atoms with Gasteiger partial charge in [0.05, 0.1) is 18.4 Å². The van der Waals surface area contributed by atoms with Gasteiger partial charge in [0.25, 0.3) is 11.5 Å². The van der Waals surface area contributed by atoms with Crippen molar-refractivity contribution in [2.45, 2.75) is 38.6 Å². The minimum absolute atomic E-state index is 0.0296. The summed E-state index contributed by atoms with van der Waals surface area (Å²) in [6, 6.07) is 7.01. The van der Waals surface area contributed by atoms with Crippen molar-refractivity contribution in [3.05, 3.63) is 56.4 Å². The number of aromatic nitrogens is 2. The molecule has 0 saturated carbocycles. The third-order valence-electron chi connectivity index (χ3n) is 6.64. The number of amides is 2. The Balaban J connectivity index is 1.13. The van der Waals surface area contributed by atoms with Crippen molar-refractivity contribution in [1.29, 1.82) is 0 Å². The average molecular weight is 496 g/mol. The Bertz CT molecular complexity index is 1290. The van der Waals surface area contributed by atoms with E-state index in [1.54, 1.807) is 40.5 Å². The molecule has 3 N–H and O–H groups in total. The van der Waals surface area contributed by atoms with Crippen LogP contribution >= 0.6 is 11.3 Å². The van der Waals surface area contributed by atoms with Gasteiger partial charge in [-0.1, -0.05) is 12.1 Å². The molecule has 0 radical (unpaired) electrons. The number of hydrogen-bond donors (Lipinski definition) is 2. The second-order valence-electron chi connectivity index (χ2n) is 9.14. The highest BCUT2D eigenvalue weighted by Gasteiger charge is 2.23. The molecule has 3 heterocycles. The Morgan fingerprint density at radius 2 is 1.83 bits per heavy atom. The zero-order valence-electron chi connectivity index (χ0n) is 19.5. The molecule has 2 amide bonds. The van der Waals surface area contributed by atoms with Gasteiger partial charge in [-0.2, -0.15) is 0 Å². The second kappa shape index (κ2) is 10.2. The number of carbonyl (C=O) groups is 2. The number of ether oxygens (including phenoxy) is 1. The maximum Gasteiger partial charge on any atom is 0.260 e. The van der Waals surface area contributed by atoms with Crippen LogP contribution in [0.25, 0.3) is 10.2 Å². The van der Waals surface area contributed by atoms with Crippen molar-refractivity contribution in [3.63, 3.8) is 0 Å². The number of nitrogens with one attached hydrogen (secondary N) is 1. The van der Waals surface area contributed by atoms with Gasteiger partial charge >= 0.3 is 0 Å². The van der Waals surface area contributed by atoms with Crippen LogP contribution in [0.2, 0.25) is 0 Å². The number of carbonyl (C=O) groups excluding carboxylic acids is 2. The zero-order valence-corrected chi connectivity index (χ0v) is 20.4. The van der Waals surface area contributed by atoms with E-state index in [4.69, 9.17) is 15.5 Å². The third kappa shape index (κ3) is 5.38. The summed E-state index contributed by atoms with van der Waals surface area (Å²) in [7, 11) is 0. The number of piperazine rings is 1. The van der Waals surface area contributed by atoms with E-state index in [0.717, 1.165) is 35.0 Å². The van der Waals surface area contributed by atoms with E-state index in [1.807, 2.05) is 0 Å². The van der Waals surface area contributed by atoms with Gasteiger partial charge in [0.1, 0.15) is 16.4 Å². The first-order chi connectivity index (χ1) is 17.0. The Morgan fingerprint density at radius 1 is 1.09 bits per heavy atom. The van der Waals surface area contributed by atoms with Crippen LogP contribution in [0.5, 0.6) is 5.75 Å². The minimum atomic E-state index is -0.388. The largest absolute Gasteiger partial charge is 0.484 e. The molecule has 1 aliphatic heterocycles. The Morgan fingerprint density at radius 3 is 2.57 bits per heavy atom. The molecule has 10 heteroatoms. The molecule has 2 aliphatic rings. The topological polar surface area (TPSA) is 122 Å². The van der Waals surface area contributed by atoms with Crippen LogP contribution in [-0.2, 0) is 35.4 Å². The van der Waals surface area contributed by atoms with Crippen molar-refractivity contribution in [1.82, 2.24) is 19.8 Å². The first-order valence-electron chi connectivity index (χ1n) is 12.0. The normalized spacial score (nSPS) is 16.3. The predicted octanol–water partition coefficient (Wildman–Crippen LogP) is 1.61. The molecular weight excluding hydrogens is 466 g/mol. The molecule has 9 nitrogen and oxygen atoms in total. The molecule has 0 atom stereocenters. The fraction of sp³-hybridized carbons (Fsp3) is 0.440. The average Bonchev–Trinajstić information content (AvgIpc) is 3.22. The fourth-order valence-electron chi connectivity index (χ4n) is 4.79. The molecule has 1 aromatic carbocycles. The van der Waals surface area contributed by atoms with Crippen LogP contribution in [0.15, 0.2) is 29.1 Å². The number of rotatable bonds is 7. The fourth-order valence-corrected chi connectivity index (χ4v) is 6.07. The Labute approximate surface area is 206 Å². The van der Waals surface area contributed by atoms with Gasteiger partial charge in [0, 0.05) is 31.1 Å². The number of nitrogens with zero attached hydrogens (tertiary/aromatic N) is 3. The number of primary amides is 1. The molecule has 184 valence electrons. The number of aryl methyl sites for hydroxylation is 2. The highest BCUT2D eigenvalue weighted by molar-refractivity contribution is 7.18. The molecule has 35 heavy (non-hydrogen) atoms. The van der Waals surface area contributed by atoms with E-state index in [0.29, 0.717) is 44.3 Å². The molecule has 1 aliphatic carbocycles. The number of H-pyrrole nitrogens is 1. The van der Waals surface area contributed by atoms with Crippen LogP contribution in [0.4, 0.5) is 0 Å². The van der Waals surface area contributed by atoms with E-state index in [9.17, 15) is 14.4 Å². The SMILES string of the molecule is NC(=O)Cc1ccc(OCC(=O)N2CCN(Cc3nc4sc5c(c4c(=O)[nH]3)CCCC5)CC2)cc1. The number of aromatic amines is 1. The highest BCUT2D eigenvalue weighted by atomic mass is 32.1. The third-order valence-corrected chi connectivity index (χ3v) is 7.82. The lowest BCUT2D eigenvalue weighted by Crippen LogP contribution is -2.49. The summed E-state index contributed by atoms with van der Waals surface area (Å²) in [6.45, 7) is 3.12. The predicted molar refractivity (Wildman–Crippen MR) is 134 cm³/mol. The first-order valence-corrected chi connectivity index (χ1v) is 12.8. The van der Waals surface area contributed by atoms with E-state index in [2.05, 4.69) is 9.88 Å². The molecule has 2 aromatic heterocycles. The van der Waals surface area contributed by atoms with Crippen molar-refractivity contribution < 1.29 is 14.3 Å². The molecule has 1 fully saturated rings. The smallest absolute Gasteiger partial charge is 0.260 e. The number of fused-ring (bicyclic) bond motifs is 3. The highest BCUT2D eigenvalue weighted by Crippen LogP contribution is 2.33. The van der Waals surface area contributed by atoms with Gasteiger partial charge in [-0.15, -0.1) is 11.3 Å². The molecule has 5 rings (SSSR count). The van der Waals surface area contributed by atoms with E-state index in [-0.39, 0.29) is 30.4 Å². The molecule has 0 unspecified atom stereocenters.